The maximum absolute atomic E-state index is 6.06. The molecule has 21 heavy (non-hydrogen) atoms. The first-order valence-electron chi connectivity index (χ1n) is 7.49. The van der Waals surface area contributed by atoms with Crippen molar-refractivity contribution in [2.75, 3.05) is 7.11 Å². The van der Waals surface area contributed by atoms with Crippen LogP contribution in [0.3, 0.4) is 0 Å². The van der Waals surface area contributed by atoms with Gasteiger partial charge in [-0.3, -0.25) is 4.84 Å². The van der Waals surface area contributed by atoms with Crippen molar-refractivity contribution in [1.82, 2.24) is 5.06 Å². The van der Waals surface area contributed by atoms with Gasteiger partial charge >= 0.3 is 0 Å². The fraction of sp³-hybridized carbons (Fsp3) is 0.333. The molecule has 3 nitrogen and oxygen atoms in total. The molecule has 4 atom stereocenters. The predicted octanol–water partition coefficient (Wildman–Crippen LogP) is 3.89. The van der Waals surface area contributed by atoms with Crippen molar-refractivity contribution in [2.45, 2.75) is 31.0 Å². The Labute approximate surface area is 125 Å². The van der Waals surface area contributed by atoms with E-state index < -0.39 is 0 Å². The number of benzene rings is 2. The minimum absolute atomic E-state index is 0.347. The van der Waals surface area contributed by atoms with E-state index in [-0.39, 0.29) is 0 Å². The van der Waals surface area contributed by atoms with Gasteiger partial charge in [-0.05, 0) is 36.1 Å². The average Bonchev–Trinajstić information content (AvgIpc) is 3.16. The maximum atomic E-state index is 6.06. The van der Waals surface area contributed by atoms with Gasteiger partial charge in [0.15, 0.2) is 0 Å². The molecule has 2 bridgehead atoms. The maximum Gasteiger partial charge on any atom is 0.118 e. The second kappa shape index (κ2) is 5.17. The zero-order chi connectivity index (χ0) is 14.2. The molecular formula is C18H19NO2. The Bertz CT molecular complexity index is 611. The van der Waals surface area contributed by atoms with Crippen LogP contribution >= 0.6 is 0 Å². The molecule has 0 radical (unpaired) electrons. The Hall–Kier alpha value is -1.84. The third-order valence-electron chi connectivity index (χ3n) is 4.54. The molecule has 0 saturated carbocycles. The van der Waals surface area contributed by atoms with E-state index in [0.29, 0.717) is 18.2 Å². The summed E-state index contributed by atoms with van der Waals surface area (Å²) in [4.78, 5) is 6.06. The van der Waals surface area contributed by atoms with Crippen molar-refractivity contribution in [3.8, 4) is 5.75 Å². The Morgan fingerprint density at radius 1 is 0.905 bits per heavy atom. The molecule has 0 N–H and O–H groups in total. The summed E-state index contributed by atoms with van der Waals surface area (Å²) in [6, 6.07) is 19.7. The lowest BCUT2D eigenvalue weighted by atomic mass is 9.90. The van der Waals surface area contributed by atoms with Crippen molar-refractivity contribution in [1.29, 1.82) is 0 Å². The van der Waals surface area contributed by atoms with Gasteiger partial charge in [-0.1, -0.05) is 42.5 Å². The first-order chi connectivity index (χ1) is 10.3. The molecule has 2 saturated heterocycles. The Balaban J connectivity index is 1.60. The minimum atomic E-state index is 0.347. The van der Waals surface area contributed by atoms with Gasteiger partial charge in [0.25, 0.3) is 0 Å². The van der Waals surface area contributed by atoms with Crippen LogP contribution in [0.1, 0.15) is 36.1 Å². The second-order valence-electron chi connectivity index (χ2n) is 5.77. The molecule has 2 aromatic rings. The fourth-order valence-electron chi connectivity index (χ4n) is 3.49. The Morgan fingerprint density at radius 3 is 2.10 bits per heavy atom. The van der Waals surface area contributed by atoms with Gasteiger partial charge in [-0.25, -0.2) is 0 Å². The smallest absolute Gasteiger partial charge is 0.118 e. The van der Waals surface area contributed by atoms with Gasteiger partial charge in [0.2, 0.25) is 0 Å². The standard InChI is InChI=1S/C18H19NO2/c1-20-15-9-7-14(8-10-15)18-12-16-11-17(19(18)21-16)13-5-3-2-4-6-13/h2-10,16-18H,11-12H2,1H3/t16-,17-,18+/m1/s1. The van der Waals surface area contributed by atoms with Crippen LogP contribution in [0, 0.1) is 0 Å². The van der Waals surface area contributed by atoms with Gasteiger partial charge in [-0.15, -0.1) is 0 Å². The van der Waals surface area contributed by atoms with Crippen molar-refractivity contribution < 1.29 is 9.57 Å². The molecule has 4 rings (SSSR count). The number of nitrogens with zero attached hydrogens (tertiary/aromatic N) is 1. The number of hydrogen-bond donors (Lipinski definition) is 0. The summed E-state index contributed by atoms with van der Waals surface area (Å²) >= 11 is 0. The summed E-state index contributed by atoms with van der Waals surface area (Å²) in [7, 11) is 1.70. The van der Waals surface area contributed by atoms with Gasteiger partial charge in [0, 0.05) is 0 Å². The molecule has 0 spiro atoms. The first-order valence-corrected chi connectivity index (χ1v) is 7.49. The Kier molecular flexibility index (Phi) is 3.17. The van der Waals surface area contributed by atoms with Crippen molar-refractivity contribution in [2.24, 2.45) is 0 Å². The summed E-state index contributed by atoms with van der Waals surface area (Å²) in [6.07, 6.45) is 2.52. The molecule has 3 heteroatoms. The Morgan fingerprint density at radius 2 is 1.52 bits per heavy atom. The van der Waals surface area contributed by atoms with Crippen molar-refractivity contribution in [3.63, 3.8) is 0 Å². The highest BCUT2D eigenvalue weighted by molar-refractivity contribution is 5.31. The zero-order valence-corrected chi connectivity index (χ0v) is 12.1. The van der Waals surface area contributed by atoms with E-state index in [1.165, 1.54) is 11.1 Å². The number of hydroxylamine groups is 2. The largest absolute Gasteiger partial charge is 0.497 e. The molecule has 2 fully saturated rings. The van der Waals surface area contributed by atoms with E-state index >= 15 is 0 Å². The van der Waals surface area contributed by atoms with Crippen LogP contribution in [0.2, 0.25) is 0 Å². The van der Waals surface area contributed by atoms with Crippen molar-refractivity contribution >= 4 is 0 Å². The highest BCUT2D eigenvalue weighted by Gasteiger charge is 2.46. The molecule has 0 amide bonds. The lowest BCUT2D eigenvalue weighted by Gasteiger charge is -2.29. The van der Waals surface area contributed by atoms with Gasteiger partial charge < -0.3 is 4.74 Å². The first kappa shape index (κ1) is 12.9. The molecule has 0 aliphatic carbocycles. The number of hydrogen-bond acceptors (Lipinski definition) is 3. The van der Waals surface area contributed by atoms with Gasteiger partial charge in [0.05, 0.1) is 25.3 Å². The summed E-state index contributed by atoms with van der Waals surface area (Å²) in [5.41, 5.74) is 2.65. The molecule has 2 aliphatic heterocycles. The van der Waals surface area contributed by atoms with E-state index in [1.807, 2.05) is 12.1 Å². The number of ether oxygens (including phenoxy) is 1. The summed E-state index contributed by atoms with van der Waals surface area (Å²) < 4.78 is 5.24. The van der Waals surface area contributed by atoms with Crippen LogP contribution in [0.15, 0.2) is 54.6 Å². The third-order valence-corrected chi connectivity index (χ3v) is 4.54. The number of piperidine rings is 1. The molecule has 0 aromatic heterocycles. The summed E-state index contributed by atoms with van der Waals surface area (Å²) in [5.74, 6) is 0.900. The van der Waals surface area contributed by atoms with Crippen LogP contribution in [-0.2, 0) is 4.84 Å². The highest BCUT2D eigenvalue weighted by Crippen LogP contribution is 2.49. The van der Waals surface area contributed by atoms with Crippen LogP contribution in [0.25, 0.3) is 0 Å². The van der Waals surface area contributed by atoms with Crippen LogP contribution < -0.4 is 4.74 Å². The molecule has 2 aromatic carbocycles. The molecule has 2 aliphatic rings. The quantitative estimate of drug-likeness (QED) is 0.852. The van der Waals surface area contributed by atoms with E-state index in [0.717, 1.165) is 18.6 Å². The van der Waals surface area contributed by atoms with E-state index in [2.05, 4.69) is 47.5 Å². The average molecular weight is 281 g/mol. The van der Waals surface area contributed by atoms with Gasteiger partial charge in [-0.2, -0.15) is 5.06 Å². The highest BCUT2D eigenvalue weighted by atomic mass is 16.7. The number of rotatable bonds is 3. The molecular weight excluding hydrogens is 262 g/mol. The van der Waals surface area contributed by atoms with E-state index in [4.69, 9.17) is 9.57 Å². The third kappa shape index (κ3) is 2.23. The van der Waals surface area contributed by atoms with Crippen LogP contribution in [0.5, 0.6) is 5.75 Å². The molecule has 108 valence electrons. The monoisotopic (exact) mass is 281 g/mol. The normalized spacial score (nSPS) is 30.5. The zero-order valence-electron chi connectivity index (χ0n) is 12.1. The van der Waals surface area contributed by atoms with Crippen LogP contribution in [-0.4, -0.2) is 18.3 Å². The van der Waals surface area contributed by atoms with E-state index in [9.17, 15) is 0 Å². The number of fused-ring (bicyclic) bond motifs is 2. The molecule has 2 heterocycles. The molecule has 1 unspecified atom stereocenters. The SMILES string of the molecule is COc1ccc([C@@H]2C[C@H]3C[C@H](c4ccccc4)N2O3)cc1. The van der Waals surface area contributed by atoms with Crippen molar-refractivity contribution in [3.05, 3.63) is 65.7 Å². The van der Waals surface area contributed by atoms with Gasteiger partial charge in [0.1, 0.15) is 5.75 Å². The van der Waals surface area contributed by atoms with Crippen LogP contribution in [0.4, 0.5) is 0 Å². The van der Waals surface area contributed by atoms with E-state index in [1.54, 1.807) is 7.11 Å². The number of methoxy groups -OCH3 is 1. The fourth-order valence-corrected chi connectivity index (χ4v) is 3.49. The lowest BCUT2D eigenvalue weighted by Crippen LogP contribution is -2.26. The summed E-state index contributed by atoms with van der Waals surface area (Å²) in [6.45, 7) is 0. The predicted molar refractivity (Wildman–Crippen MR) is 80.9 cm³/mol. The lowest BCUT2D eigenvalue weighted by molar-refractivity contribution is -0.136. The topological polar surface area (TPSA) is 21.7 Å². The minimum Gasteiger partial charge on any atom is -0.497 e. The second-order valence-corrected chi connectivity index (χ2v) is 5.77. The summed E-state index contributed by atoms with van der Waals surface area (Å²) in [5, 5.41) is 2.20.